The van der Waals surface area contributed by atoms with Crippen LogP contribution in [0.2, 0.25) is 5.02 Å². The van der Waals surface area contributed by atoms with Crippen molar-refractivity contribution in [1.29, 1.82) is 0 Å². The Balaban J connectivity index is 2.30. The van der Waals surface area contributed by atoms with E-state index < -0.39 is 23.5 Å². The van der Waals surface area contributed by atoms with Crippen molar-refractivity contribution in [2.75, 3.05) is 11.9 Å². The van der Waals surface area contributed by atoms with Crippen LogP contribution in [-0.2, 0) is 0 Å². The molecule has 0 fully saturated rings. The highest BCUT2D eigenvalue weighted by Crippen LogP contribution is 2.27. The van der Waals surface area contributed by atoms with Crippen LogP contribution in [0.1, 0.15) is 11.6 Å². The average Bonchev–Trinajstić information content (AvgIpc) is 2.38. The van der Waals surface area contributed by atoms with Crippen molar-refractivity contribution in [2.24, 2.45) is 5.73 Å². The Morgan fingerprint density at radius 1 is 1.00 bits per heavy atom. The summed E-state index contributed by atoms with van der Waals surface area (Å²) in [6, 6.07) is 6.32. The second-order valence-corrected chi connectivity index (χ2v) is 4.67. The van der Waals surface area contributed by atoms with Crippen molar-refractivity contribution in [3.8, 4) is 0 Å². The standard InChI is InChI=1S/C14H12ClF3N2/c15-12-2-1-9(16)6-13(12)20-14(7-19)8-3-10(17)5-11(18)4-8/h1-6,14,20H,7,19H2. The quantitative estimate of drug-likeness (QED) is 0.899. The van der Waals surface area contributed by atoms with Gasteiger partial charge in [0, 0.05) is 12.6 Å². The number of nitrogens with two attached hydrogens (primary N) is 1. The van der Waals surface area contributed by atoms with E-state index in [0.29, 0.717) is 16.3 Å². The molecule has 3 N–H and O–H groups in total. The highest BCUT2D eigenvalue weighted by molar-refractivity contribution is 6.33. The Morgan fingerprint density at radius 3 is 2.25 bits per heavy atom. The van der Waals surface area contributed by atoms with Crippen molar-refractivity contribution in [3.05, 3.63) is 64.4 Å². The third-order valence-electron chi connectivity index (χ3n) is 2.78. The largest absolute Gasteiger partial charge is 0.376 e. The predicted octanol–water partition coefficient (Wildman–Crippen LogP) is 3.87. The first kappa shape index (κ1) is 14.7. The van der Waals surface area contributed by atoms with Crippen molar-refractivity contribution >= 4 is 17.3 Å². The third-order valence-corrected chi connectivity index (χ3v) is 3.11. The molecule has 1 unspecified atom stereocenters. The van der Waals surface area contributed by atoms with Crippen LogP contribution in [0.4, 0.5) is 18.9 Å². The molecule has 0 saturated carbocycles. The SMILES string of the molecule is NCC(Nc1cc(F)ccc1Cl)c1cc(F)cc(F)c1. The Morgan fingerprint density at radius 2 is 1.65 bits per heavy atom. The minimum atomic E-state index is -0.703. The molecule has 0 aliphatic carbocycles. The maximum atomic E-state index is 13.2. The summed E-state index contributed by atoms with van der Waals surface area (Å²) in [6.45, 7) is 0.0652. The molecule has 0 saturated heterocycles. The van der Waals surface area contributed by atoms with Gasteiger partial charge in [0.2, 0.25) is 0 Å². The van der Waals surface area contributed by atoms with E-state index in [2.05, 4.69) is 5.32 Å². The summed E-state index contributed by atoms with van der Waals surface area (Å²) in [5.41, 5.74) is 6.23. The smallest absolute Gasteiger partial charge is 0.126 e. The zero-order valence-corrected chi connectivity index (χ0v) is 11.1. The van der Waals surface area contributed by atoms with Crippen molar-refractivity contribution in [1.82, 2.24) is 0 Å². The van der Waals surface area contributed by atoms with Gasteiger partial charge in [-0.3, -0.25) is 0 Å². The van der Waals surface area contributed by atoms with E-state index in [1.807, 2.05) is 0 Å². The first-order valence-corrected chi connectivity index (χ1v) is 6.25. The molecule has 2 aromatic carbocycles. The number of benzene rings is 2. The minimum Gasteiger partial charge on any atom is -0.376 e. The van der Waals surface area contributed by atoms with Gasteiger partial charge in [-0.15, -0.1) is 0 Å². The van der Waals surface area contributed by atoms with Gasteiger partial charge in [0.25, 0.3) is 0 Å². The Kier molecular flexibility index (Phi) is 4.52. The second-order valence-electron chi connectivity index (χ2n) is 4.26. The molecule has 0 radical (unpaired) electrons. The van der Waals surface area contributed by atoms with Gasteiger partial charge in [0.05, 0.1) is 16.8 Å². The highest BCUT2D eigenvalue weighted by atomic mass is 35.5. The number of hydrogen-bond acceptors (Lipinski definition) is 2. The van der Waals surface area contributed by atoms with Crippen LogP contribution in [0, 0.1) is 17.5 Å². The van der Waals surface area contributed by atoms with Gasteiger partial charge in [-0.25, -0.2) is 13.2 Å². The molecule has 1 atom stereocenters. The predicted molar refractivity (Wildman–Crippen MR) is 73.2 cm³/mol. The van der Waals surface area contributed by atoms with Crippen molar-refractivity contribution < 1.29 is 13.2 Å². The van der Waals surface area contributed by atoms with Crippen LogP contribution in [0.3, 0.4) is 0 Å². The number of halogens is 4. The monoisotopic (exact) mass is 300 g/mol. The normalized spacial score (nSPS) is 12.2. The molecule has 0 spiro atoms. The van der Waals surface area contributed by atoms with Gasteiger partial charge >= 0.3 is 0 Å². The fourth-order valence-corrected chi connectivity index (χ4v) is 2.02. The molecule has 0 heterocycles. The Hall–Kier alpha value is -1.72. The van der Waals surface area contributed by atoms with E-state index in [1.54, 1.807) is 0 Å². The lowest BCUT2D eigenvalue weighted by molar-refractivity contribution is 0.576. The van der Waals surface area contributed by atoms with Crippen LogP contribution in [0.25, 0.3) is 0 Å². The number of hydrogen-bond donors (Lipinski definition) is 2. The summed E-state index contributed by atoms with van der Waals surface area (Å²) >= 11 is 5.93. The van der Waals surface area contributed by atoms with Gasteiger partial charge in [0.15, 0.2) is 0 Å². The number of nitrogens with one attached hydrogen (secondary N) is 1. The molecule has 0 amide bonds. The van der Waals surface area contributed by atoms with Gasteiger partial charge in [0.1, 0.15) is 17.5 Å². The molecule has 0 aliphatic heterocycles. The highest BCUT2D eigenvalue weighted by Gasteiger charge is 2.14. The molecule has 2 aromatic rings. The molecular weight excluding hydrogens is 289 g/mol. The molecular formula is C14H12ClF3N2. The lowest BCUT2D eigenvalue weighted by Crippen LogP contribution is -2.21. The number of anilines is 1. The van der Waals surface area contributed by atoms with E-state index >= 15 is 0 Å². The second kappa shape index (κ2) is 6.15. The van der Waals surface area contributed by atoms with E-state index in [1.165, 1.54) is 30.3 Å². The van der Waals surface area contributed by atoms with E-state index in [0.717, 1.165) is 6.07 Å². The fraction of sp³-hybridized carbons (Fsp3) is 0.143. The van der Waals surface area contributed by atoms with Gasteiger partial charge < -0.3 is 11.1 Å². The summed E-state index contributed by atoms with van der Waals surface area (Å²) in [6.07, 6.45) is 0. The molecule has 6 heteroatoms. The topological polar surface area (TPSA) is 38.0 Å². The lowest BCUT2D eigenvalue weighted by Gasteiger charge is -2.19. The van der Waals surface area contributed by atoms with Crippen LogP contribution in [0.5, 0.6) is 0 Å². The van der Waals surface area contributed by atoms with E-state index in [4.69, 9.17) is 17.3 Å². The molecule has 20 heavy (non-hydrogen) atoms. The Labute approximate surface area is 119 Å². The first-order chi connectivity index (χ1) is 9.49. The van der Waals surface area contributed by atoms with Crippen molar-refractivity contribution in [2.45, 2.75) is 6.04 Å². The third kappa shape index (κ3) is 3.43. The molecule has 2 rings (SSSR count). The maximum absolute atomic E-state index is 13.2. The zero-order chi connectivity index (χ0) is 14.7. The summed E-state index contributed by atoms with van der Waals surface area (Å²) in [4.78, 5) is 0. The first-order valence-electron chi connectivity index (χ1n) is 5.87. The molecule has 0 aliphatic rings. The van der Waals surface area contributed by atoms with E-state index in [-0.39, 0.29) is 6.54 Å². The van der Waals surface area contributed by atoms with Gasteiger partial charge in [-0.05, 0) is 35.9 Å². The van der Waals surface area contributed by atoms with E-state index in [9.17, 15) is 13.2 Å². The van der Waals surface area contributed by atoms with Crippen molar-refractivity contribution in [3.63, 3.8) is 0 Å². The molecule has 0 aromatic heterocycles. The minimum absolute atomic E-state index is 0.0652. The van der Waals surface area contributed by atoms with Gasteiger partial charge in [-0.1, -0.05) is 11.6 Å². The fourth-order valence-electron chi connectivity index (χ4n) is 1.85. The van der Waals surface area contributed by atoms with Crippen LogP contribution >= 0.6 is 11.6 Å². The summed E-state index contributed by atoms with van der Waals surface area (Å²) in [5, 5.41) is 3.17. The maximum Gasteiger partial charge on any atom is 0.126 e. The summed E-state index contributed by atoms with van der Waals surface area (Å²) < 4.78 is 39.6. The summed E-state index contributed by atoms with van der Waals surface area (Å²) in [5.74, 6) is -1.88. The van der Waals surface area contributed by atoms with Crippen LogP contribution in [-0.4, -0.2) is 6.54 Å². The number of rotatable bonds is 4. The van der Waals surface area contributed by atoms with Gasteiger partial charge in [-0.2, -0.15) is 0 Å². The zero-order valence-electron chi connectivity index (χ0n) is 10.3. The van der Waals surface area contributed by atoms with Crippen LogP contribution in [0.15, 0.2) is 36.4 Å². The summed E-state index contributed by atoms with van der Waals surface area (Å²) in [7, 11) is 0. The van der Waals surface area contributed by atoms with Crippen LogP contribution < -0.4 is 11.1 Å². The molecule has 106 valence electrons. The Bertz CT molecular complexity index is 599. The average molecular weight is 301 g/mol. The lowest BCUT2D eigenvalue weighted by atomic mass is 10.1. The molecule has 2 nitrogen and oxygen atoms in total. The molecule has 0 bridgehead atoms.